The Morgan fingerprint density at radius 3 is 2.05 bits per heavy atom. The second-order valence-corrected chi connectivity index (χ2v) is 8.18. The molecule has 0 aromatic heterocycles. The highest BCUT2D eigenvalue weighted by atomic mass is 35.5. The van der Waals surface area contributed by atoms with Crippen molar-refractivity contribution in [2.75, 3.05) is 0 Å². The van der Waals surface area contributed by atoms with Crippen LogP contribution in [0.5, 0.6) is 0 Å². The maximum atomic E-state index is 5.86. The summed E-state index contributed by atoms with van der Waals surface area (Å²) >= 11 is 11.7. The highest BCUT2D eigenvalue weighted by molar-refractivity contribution is 6.44. The number of hydrogen-bond donors (Lipinski definition) is 0. The van der Waals surface area contributed by atoms with E-state index in [2.05, 4.69) is 52.0 Å². The first-order valence-corrected chi connectivity index (χ1v) is 9.12. The molecular weight excluding hydrogens is 299 g/mol. The summed E-state index contributed by atoms with van der Waals surface area (Å²) in [5, 5.41) is 0. The molecule has 2 heteroatoms. The molecule has 0 bridgehead atoms. The summed E-state index contributed by atoms with van der Waals surface area (Å²) in [6.07, 6.45) is 6.02. The second kappa shape index (κ2) is 9.74. The van der Waals surface area contributed by atoms with Crippen LogP contribution >= 0.6 is 23.2 Å². The quantitative estimate of drug-likeness (QED) is 0.428. The van der Waals surface area contributed by atoms with E-state index in [1.807, 2.05) is 0 Å². The Kier molecular flexibility index (Phi) is 8.74. The molecule has 0 radical (unpaired) electrons. The van der Waals surface area contributed by atoms with Gasteiger partial charge in [0.2, 0.25) is 0 Å². The monoisotopic (exact) mass is 328 g/mol. The first-order valence-electron chi connectivity index (χ1n) is 8.25. The van der Waals surface area contributed by atoms with Crippen molar-refractivity contribution < 1.29 is 0 Å². The molecule has 1 aromatic rings. The molecular formula is C19H30Cl2. The number of halogens is 2. The summed E-state index contributed by atoms with van der Waals surface area (Å²) in [6, 6.07) is 9.00. The van der Waals surface area contributed by atoms with E-state index in [-0.39, 0.29) is 4.84 Å². The molecule has 0 N–H and O–H groups in total. The summed E-state index contributed by atoms with van der Waals surface area (Å²) in [6.45, 7) is 9.15. The van der Waals surface area contributed by atoms with Gasteiger partial charge in [-0.05, 0) is 41.7 Å². The number of hydrogen-bond acceptors (Lipinski definition) is 0. The fraction of sp³-hybridized carbons (Fsp3) is 0.684. The van der Waals surface area contributed by atoms with Gasteiger partial charge in [0.1, 0.15) is 4.84 Å². The van der Waals surface area contributed by atoms with Crippen molar-refractivity contribution in [3.05, 3.63) is 35.4 Å². The molecule has 0 fully saturated rings. The van der Waals surface area contributed by atoms with Gasteiger partial charge in [-0.1, -0.05) is 71.2 Å². The Morgan fingerprint density at radius 2 is 1.52 bits per heavy atom. The number of alkyl halides is 2. The molecule has 2 atom stereocenters. The molecule has 1 aromatic carbocycles. The van der Waals surface area contributed by atoms with Gasteiger partial charge < -0.3 is 0 Å². The van der Waals surface area contributed by atoms with Crippen molar-refractivity contribution in [1.29, 1.82) is 0 Å². The van der Waals surface area contributed by atoms with Gasteiger partial charge in [-0.25, -0.2) is 0 Å². The summed E-state index contributed by atoms with van der Waals surface area (Å²) in [5.41, 5.74) is 2.77. The third kappa shape index (κ3) is 8.12. The van der Waals surface area contributed by atoms with E-state index in [0.717, 1.165) is 18.3 Å². The lowest BCUT2D eigenvalue weighted by Crippen LogP contribution is -2.02. The van der Waals surface area contributed by atoms with E-state index in [4.69, 9.17) is 23.2 Å². The minimum atomic E-state index is -0.277. The van der Waals surface area contributed by atoms with Crippen molar-refractivity contribution >= 4 is 23.2 Å². The van der Waals surface area contributed by atoms with E-state index in [1.54, 1.807) is 0 Å². The maximum Gasteiger partial charge on any atom is 0.108 e. The molecule has 21 heavy (non-hydrogen) atoms. The highest BCUT2D eigenvalue weighted by Gasteiger charge is 2.10. The van der Waals surface area contributed by atoms with Crippen LogP contribution in [0.2, 0.25) is 0 Å². The second-order valence-electron chi connectivity index (χ2n) is 6.90. The highest BCUT2D eigenvalue weighted by Crippen LogP contribution is 2.25. The average Bonchev–Trinajstić information content (AvgIpc) is 2.38. The van der Waals surface area contributed by atoms with Gasteiger partial charge in [-0.15, -0.1) is 23.2 Å². The van der Waals surface area contributed by atoms with Crippen LogP contribution in [0.25, 0.3) is 0 Å². The number of benzene rings is 1. The summed E-state index contributed by atoms with van der Waals surface area (Å²) in [4.78, 5) is -0.277. The molecule has 1 rings (SSSR count). The molecule has 0 spiro atoms. The fourth-order valence-electron chi connectivity index (χ4n) is 2.76. The van der Waals surface area contributed by atoms with E-state index in [1.165, 1.54) is 36.8 Å². The van der Waals surface area contributed by atoms with E-state index in [9.17, 15) is 0 Å². The van der Waals surface area contributed by atoms with Crippen molar-refractivity contribution in [2.24, 2.45) is 11.8 Å². The third-order valence-electron chi connectivity index (χ3n) is 4.14. The summed E-state index contributed by atoms with van der Waals surface area (Å²) < 4.78 is 0. The predicted molar refractivity (Wildman–Crippen MR) is 96.5 cm³/mol. The smallest absolute Gasteiger partial charge is 0.105 e. The van der Waals surface area contributed by atoms with Crippen molar-refractivity contribution in [3.8, 4) is 0 Å². The van der Waals surface area contributed by atoms with Crippen LogP contribution in [-0.4, -0.2) is 4.84 Å². The van der Waals surface area contributed by atoms with Gasteiger partial charge in [0.15, 0.2) is 0 Å². The maximum absolute atomic E-state index is 5.86. The van der Waals surface area contributed by atoms with Crippen molar-refractivity contribution in [2.45, 2.75) is 70.6 Å². The Balaban J connectivity index is 2.43. The first-order chi connectivity index (χ1) is 9.88. The number of rotatable bonds is 9. The van der Waals surface area contributed by atoms with Crippen molar-refractivity contribution in [1.82, 2.24) is 0 Å². The van der Waals surface area contributed by atoms with E-state index < -0.39 is 0 Å². The zero-order valence-electron chi connectivity index (χ0n) is 13.9. The van der Waals surface area contributed by atoms with Gasteiger partial charge in [0.05, 0.1) is 0 Å². The zero-order valence-corrected chi connectivity index (χ0v) is 15.4. The van der Waals surface area contributed by atoms with Crippen LogP contribution in [0, 0.1) is 11.8 Å². The van der Waals surface area contributed by atoms with Crippen LogP contribution in [0.1, 0.15) is 70.4 Å². The molecule has 0 nitrogen and oxygen atoms in total. The normalized spacial score (nSPS) is 14.7. The van der Waals surface area contributed by atoms with Crippen LogP contribution < -0.4 is 0 Å². The lowest BCUT2D eigenvalue weighted by Gasteiger charge is -2.15. The minimum Gasteiger partial charge on any atom is -0.105 e. The van der Waals surface area contributed by atoms with E-state index in [0.29, 0.717) is 5.92 Å². The first kappa shape index (κ1) is 18.8. The van der Waals surface area contributed by atoms with Crippen LogP contribution in [0.15, 0.2) is 24.3 Å². The molecule has 2 unspecified atom stereocenters. The Morgan fingerprint density at radius 1 is 0.905 bits per heavy atom. The molecule has 0 saturated carbocycles. The largest absolute Gasteiger partial charge is 0.108 e. The predicted octanol–water partition coefficient (Wildman–Crippen LogP) is 6.99. The lowest BCUT2D eigenvalue weighted by molar-refractivity contribution is 0.456. The molecule has 0 heterocycles. The SMILES string of the molecule is CC(C)CCCC(C)Cc1ccc(C(C)CC(Cl)Cl)cc1. The molecule has 0 aliphatic heterocycles. The van der Waals surface area contributed by atoms with Gasteiger partial charge in [-0.3, -0.25) is 0 Å². The van der Waals surface area contributed by atoms with Crippen LogP contribution in [-0.2, 0) is 6.42 Å². The van der Waals surface area contributed by atoms with Gasteiger partial charge in [-0.2, -0.15) is 0 Å². The van der Waals surface area contributed by atoms with Gasteiger partial charge in [0, 0.05) is 0 Å². The summed E-state index contributed by atoms with van der Waals surface area (Å²) in [5.74, 6) is 2.01. The zero-order chi connectivity index (χ0) is 15.8. The van der Waals surface area contributed by atoms with Gasteiger partial charge in [0.25, 0.3) is 0 Å². The minimum absolute atomic E-state index is 0.277. The van der Waals surface area contributed by atoms with Gasteiger partial charge >= 0.3 is 0 Å². The fourth-order valence-corrected chi connectivity index (χ4v) is 3.30. The molecule has 120 valence electrons. The topological polar surface area (TPSA) is 0 Å². The van der Waals surface area contributed by atoms with Crippen LogP contribution in [0.3, 0.4) is 0 Å². The molecule has 0 saturated heterocycles. The lowest BCUT2D eigenvalue weighted by atomic mass is 9.92. The third-order valence-corrected chi connectivity index (χ3v) is 4.50. The summed E-state index contributed by atoms with van der Waals surface area (Å²) in [7, 11) is 0. The Hall–Kier alpha value is -0.200. The van der Waals surface area contributed by atoms with Crippen molar-refractivity contribution in [3.63, 3.8) is 0 Å². The Bertz CT molecular complexity index is 381. The average molecular weight is 329 g/mol. The molecule has 0 aliphatic carbocycles. The van der Waals surface area contributed by atoms with E-state index >= 15 is 0 Å². The molecule has 0 amide bonds. The molecule has 0 aliphatic rings. The van der Waals surface area contributed by atoms with Crippen LogP contribution in [0.4, 0.5) is 0 Å². The Labute approximate surface area is 141 Å². The standard InChI is InChI=1S/C19H30Cl2/c1-14(2)6-5-7-15(3)12-17-8-10-18(11-9-17)16(4)13-19(20)21/h8-11,14-16,19H,5-7,12-13H2,1-4H3.